The van der Waals surface area contributed by atoms with Gasteiger partial charge in [-0.15, -0.1) is 0 Å². The third-order valence-electron chi connectivity index (χ3n) is 2.86. The number of aryl methyl sites for hydroxylation is 1. The first-order valence-corrected chi connectivity index (χ1v) is 6.37. The number of nitrogens with zero attached hydrogens (tertiary/aromatic N) is 3. The van der Waals surface area contributed by atoms with Crippen LogP contribution in [0, 0.1) is 4.77 Å². The minimum absolute atomic E-state index is 0.0655. The lowest BCUT2D eigenvalue weighted by Gasteiger charge is -2.06. The molecule has 2 heterocycles. The van der Waals surface area contributed by atoms with Gasteiger partial charge in [0.15, 0.2) is 10.6 Å². The summed E-state index contributed by atoms with van der Waals surface area (Å²) in [6.45, 7) is 2.89. The second kappa shape index (κ2) is 5.30. The molecule has 1 N–H and O–H groups in total. The van der Waals surface area contributed by atoms with Crippen molar-refractivity contribution in [2.75, 3.05) is 0 Å². The van der Waals surface area contributed by atoms with Crippen LogP contribution in [0.4, 0.5) is 0 Å². The average molecular weight is 264 g/mol. The van der Waals surface area contributed by atoms with E-state index in [0.29, 0.717) is 16.2 Å². The monoisotopic (exact) mass is 264 g/mol. The van der Waals surface area contributed by atoms with Crippen LogP contribution in [0.25, 0.3) is 11.4 Å². The molecule has 0 bridgehead atoms. The minimum Gasteiger partial charge on any atom is -0.318 e. The van der Waals surface area contributed by atoms with E-state index in [1.165, 1.54) is 4.57 Å². The van der Waals surface area contributed by atoms with Crippen molar-refractivity contribution < 1.29 is 0 Å². The van der Waals surface area contributed by atoms with E-state index in [-0.39, 0.29) is 5.56 Å². The van der Waals surface area contributed by atoms with Crippen molar-refractivity contribution in [3.05, 3.63) is 33.5 Å². The van der Waals surface area contributed by atoms with E-state index >= 15 is 0 Å². The first-order valence-electron chi connectivity index (χ1n) is 5.96. The van der Waals surface area contributed by atoms with Gasteiger partial charge in [0.25, 0.3) is 5.56 Å². The standard InChI is InChI=1S/C12H16N4OS/c1-3-4-8-16-10(13-14-12(16)18)9-6-5-7-15(2)11(9)17/h5-7H,3-4,8H2,1-2H3,(H,14,18). The quantitative estimate of drug-likeness (QED) is 0.860. The van der Waals surface area contributed by atoms with E-state index in [1.807, 2.05) is 10.6 Å². The van der Waals surface area contributed by atoms with Crippen molar-refractivity contribution >= 4 is 12.2 Å². The highest BCUT2D eigenvalue weighted by Crippen LogP contribution is 2.13. The van der Waals surface area contributed by atoms with Crippen LogP contribution in [0.5, 0.6) is 0 Å². The molecule has 0 atom stereocenters. The van der Waals surface area contributed by atoms with Crippen molar-refractivity contribution in [1.29, 1.82) is 0 Å². The van der Waals surface area contributed by atoms with Gasteiger partial charge in [-0.1, -0.05) is 13.3 Å². The van der Waals surface area contributed by atoms with Crippen LogP contribution in [0.15, 0.2) is 23.1 Å². The summed E-state index contributed by atoms with van der Waals surface area (Å²) < 4.78 is 3.98. The highest BCUT2D eigenvalue weighted by Gasteiger charge is 2.12. The number of aromatic amines is 1. The summed E-state index contributed by atoms with van der Waals surface area (Å²) in [5.41, 5.74) is 0.507. The molecule has 0 spiro atoms. The molecule has 6 heteroatoms. The van der Waals surface area contributed by atoms with Crippen LogP contribution in [0.2, 0.25) is 0 Å². The molecule has 0 radical (unpaired) electrons. The Balaban J connectivity index is 2.54. The van der Waals surface area contributed by atoms with Crippen LogP contribution in [-0.2, 0) is 13.6 Å². The zero-order valence-corrected chi connectivity index (χ0v) is 11.3. The van der Waals surface area contributed by atoms with Gasteiger partial charge in [-0.2, -0.15) is 5.10 Å². The predicted molar refractivity (Wildman–Crippen MR) is 73.0 cm³/mol. The van der Waals surface area contributed by atoms with Gasteiger partial charge in [-0.3, -0.25) is 9.89 Å². The van der Waals surface area contributed by atoms with E-state index in [4.69, 9.17) is 12.2 Å². The summed E-state index contributed by atoms with van der Waals surface area (Å²) in [4.78, 5) is 12.1. The lowest BCUT2D eigenvalue weighted by Crippen LogP contribution is -2.19. The zero-order chi connectivity index (χ0) is 13.1. The van der Waals surface area contributed by atoms with Gasteiger partial charge in [0, 0.05) is 19.8 Å². The molecule has 2 aromatic heterocycles. The van der Waals surface area contributed by atoms with E-state index in [0.717, 1.165) is 19.4 Å². The Kier molecular flexibility index (Phi) is 3.76. The van der Waals surface area contributed by atoms with E-state index in [2.05, 4.69) is 17.1 Å². The van der Waals surface area contributed by atoms with Gasteiger partial charge in [0.05, 0.1) is 5.56 Å². The number of rotatable bonds is 4. The number of pyridine rings is 1. The lowest BCUT2D eigenvalue weighted by atomic mass is 10.2. The Bertz CT molecular complexity index is 653. The molecule has 0 saturated carbocycles. The van der Waals surface area contributed by atoms with Gasteiger partial charge in [-0.05, 0) is 30.8 Å². The lowest BCUT2D eigenvalue weighted by molar-refractivity contribution is 0.628. The first kappa shape index (κ1) is 12.8. The van der Waals surface area contributed by atoms with Crippen molar-refractivity contribution in [3.63, 3.8) is 0 Å². The number of H-pyrrole nitrogens is 1. The smallest absolute Gasteiger partial charge is 0.261 e. The number of aromatic nitrogens is 4. The second-order valence-corrected chi connectivity index (χ2v) is 4.58. The summed E-state index contributed by atoms with van der Waals surface area (Å²) >= 11 is 5.20. The molecule has 0 saturated heterocycles. The van der Waals surface area contributed by atoms with Gasteiger partial charge >= 0.3 is 0 Å². The van der Waals surface area contributed by atoms with Gasteiger partial charge in [0.1, 0.15) is 0 Å². The fraction of sp³-hybridized carbons (Fsp3) is 0.417. The van der Waals surface area contributed by atoms with Crippen LogP contribution in [0.1, 0.15) is 19.8 Å². The summed E-state index contributed by atoms with van der Waals surface area (Å²) in [6.07, 6.45) is 3.80. The normalized spacial score (nSPS) is 10.8. The highest BCUT2D eigenvalue weighted by atomic mass is 32.1. The fourth-order valence-corrected chi connectivity index (χ4v) is 2.04. The third-order valence-corrected chi connectivity index (χ3v) is 3.17. The summed E-state index contributed by atoms with van der Waals surface area (Å²) in [7, 11) is 1.73. The van der Waals surface area contributed by atoms with E-state index in [1.54, 1.807) is 19.3 Å². The zero-order valence-electron chi connectivity index (χ0n) is 10.5. The van der Waals surface area contributed by atoms with Crippen LogP contribution < -0.4 is 5.56 Å². The Morgan fingerprint density at radius 3 is 3.00 bits per heavy atom. The SMILES string of the molecule is CCCCn1c(-c2cccn(C)c2=O)n[nH]c1=S. The Morgan fingerprint density at radius 1 is 1.50 bits per heavy atom. The molecule has 96 valence electrons. The molecule has 5 nitrogen and oxygen atoms in total. The van der Waals surface area contributed by atoms with Crippen molar-refractivity contribution in [2.24, 2.45) is 7.05 Å². The molecule has 0 aliphatic rings. The average Bonchev–Trinajstić information content (AvgIpc) is 2.72. The van der Waals surface area contributed by atoms with Crippen LogP contribution in [0.3, 0.4) is 0 Å². The van der Waals surface area contributed by atoms with Gasteiger partial charge in [-0.25, -0.2) is 0 Å². The maximum Gasteiger partial charge on any atom is 0.261 e. The third kappa shape index (κ3) is 2.28. The maximum atomic E-state index is 12.1. The second-order valence-electron chi connectivity index (χ2n) is 4.20. The van der Waals surface area contributed by atoms with Crippen molar-refractivity contribution in [2.45, 2.75) is 26.3 Å². The summed E-state index contributed by atoms with van der Waals surface area (Å²) in [5, 5.41) is 6.93. The minimum atomic E-state index is -0.0655. The van der Waals surface area contributed by atoms with Gasteiger partial charge < -0.3 is 9.13 Å². The maximum absolute atomic E-state index is 12.1. The molecule has 2 aromatic rings. The molecule has 18 heavy (non-hydrogen) atoms. The summed E-state index contributed by atoms with van der Waals surface area (Å²) in [5.74, 6) is 0.620. The van der Waals surface area contributed by atoms with Gasteiger partial charge in [0.2, 0.25) is 0 Å². The highest BCUT2D eigenvalue weighted by molar-refractivity contribution is 7.71. The van der Waals surface area contributed by atoms with Crippen LogP contribution >= 0.6 is 12.2 Å². The largest absolute Gasteiger partial charge is 0.318 e. The van der Waals surface area contributed by atoms with Crippen molar-refractivity contribution in [1.82, 2.24) is 19.3 Å². The Labute approximate surface area is 110 Å². The molecule has 0 fully saturated rings. The fourth-order valence-electron chi connectivity index (χ4n) is 1.81. The van der Waals surface area contributed by atoms with Crippen molar-refractivity contribution in [3.8, 4) is 11.4 Å². The molecule has 0 unspecified atom stereocenters. The molecular weight excluding hydrogens is 248 g/mol. The number of hydrogen-bond acceptors (Lipinski definition) is 3. The van der Waals surface area contributed by atoms with E-state index < -0.39 is 0 Å². The molecule has 0 aliphatic heterocycles. The summed E-state index contributed by atoms with van der Waals surface area (Å²) in [6, 6.07) is 3.61. The van der Waals surface area contributed by atoms with Crippen LogP contribution in [-0.4, -0.2) is 19.3 Å². The predicted octanol–water partition coefficient (Wildman–Crippen LogP) is 2.11. The Hall–Kier alpha value is -1.69. The Morgan fingerprint density at radius 2 is 2.28 bits per heavy atom. The first-order chi connectivity index (χ1) is 8.65. The molecule has 0 amide bonds. The molecule has 2 rings (SSSR count). The topological polar surface area (TPSA) is 55.6 Å². The number of unbranched alkanes of at least 4 members (excludes halogenated alkanes) is 1. The number of nitrogens with one attached hydrogen (secondary N) is 1. The molecular formula is C12H16N4OS. The van der Waals surface area contributed by atoms with E-state index in [9.17, 15) is 4.79 Å². The number of hydrogen-bond donors (Lipinski definition) is 1. The molecule has 0 aliphatic carbocycles. The molecule has 0 aromatic carbocycles.